The molecule has 3 heterocycles. The number of nitrogens with zero attached hydrogens (tertiary/aromatic N) is 4. The second-order valence-corrected chi connectivity index (χ2v) is 7.87. The summed E-state index contributed by atoms with van der Waals surface area (Å²) in [6.45, 7) is 0. The number of carbonyl (C=O) groups excluding carboxylic acids is 1. The summed E-state index contributed by atoms with van der Waals surface area (Å²) in [5, 5.41) is 18.2. The van der Waals surface area contributed by atoms with E-state index in [1.54, 1.807) is 0 Å². The number of rotatable bonds is 3. The molecule has 1 aliphatic carbocycles. The second kappa shape index (κ2) is 6.01. The molecule has 0 radical (unpaired) electrons. The third-order valence-electron chi connectivity index (χ3n) is 6.47. The lowest BCUT2D eigenvalue weighted by Crippen LogP contribution is -2.43. The summed E-state index contributed by atoms with van der Waals surface area (Å²) in [6.07, 6.45) is 9.95. The molecule has 3 atom stereocenters. The highest BCUT2D eigenvalue weighted by molar-refractivity contribution is 6.05. The fourth-order valence-corrected chi connectivity index (χ4v) is 5.22. The van der Waals surface area contributed by atoms with Gasteiger partial charge in [-0.05, 0) is 38.2 Å². The van der Waals surface area contributed by atoms with Gasteiger partial charge >= 0.3 is 0 Å². The van der Waals surface area contributed by atoms with Crippen LogP contribution in [0.5, 0.6) is 0 Å². The maximum atomic E-state index is 13.0. The topological polar surface area (TPSA) is 74.0 Å². The number of nitrogens with one attached hydrogen (secondary N) is 1. The van der Waals surface area contributed by atoms with Crippen LogP contribution in [0.25, 0.3) is 10.9 Å². The quantitative estimate of drug-likeness (QED) is 0.865. The minimum Gasteiger partial charge on any atom is -0.346 e. The molecule has 1 N–H and O–H groups in total. The zero-order valence-electron chi connectivity index (χ0n) is 14.8. The second-order valence-electron chi connectivity index (χ2n) is 7.87. The first-order valence-corrected chi connectivity index (χ1v) is 9.72. The maximum absolute atomic E-state index is 13.0. The minimum absolute atomic E-state index is 0.0521. The molecule has 1 aromatic carbocycles. The molecule has 3 fully saturated rings. The molecule has 3 aliphatic rings. The number of amides is 1. The van der Waals surface area contributed by atoms with Gasteiger partial charge < -0.3 is 10.2 Å². The van der Waals surface area contributed by atoms with Crippen molar-refractivity contribution in [1.82, 2.24) is 20.0 Å². The molecule has 1 amide bonds. The average molecular weight is 349 g/mol. The van der Waals surface area contributed by atoms with E-state index in [2.05, 4.69) is 22.3 Å². The maximum Gasteiger partial charge on any atom is 0.272 e. The van der Waals surface area contributed by atoms with Crippen LogP contribution < -0.4 is 5.32 Å². The van der Waals surface area contributed by atoms with E-state index in [1.807, 2.05) is 23.1 Å². The number of nitriles is 1. The van der Waals surface area contributed by atoms with Crippen LogP contribution in [-0.2, 0) is 0 Å². The van der Waals surface area contributed by atoms with Gasteiger partial charge in [-0.15, -0.1) is 0 Å². The van der Waals surface area contributed by atoms with Crippen LogP contribution in [-0.4, -0.2) is 38.7 Å². The van der Waals surface area contributed by atoms with Crippen molar-refractivity contribution in [2.45, 2.75) is 69.1 Å². The largest absolute Gasteiger partial charge is 0.346 e. The molecule has 2 aromatic rings. The molecule has 2 aliphatic heterocycles. The number of para-hydroxylation sites is 1. The van der Waals surface area contributed by atoms with Gasteiger partial charge in [0.15, 0.2) is 11.9 Å². The van der Waals surface area contributed by atoms with Crippen molar-refractivity contribution >= 4 is 16.8 Å². The summed E-state index contributed by atoms with van der Waals surface area (Å²) in [5.74, 6) is -0.103. The van der Waals surface area contributed by atoms with Gasteiger partial charge in [0.05, 0.1) is 23.6 Å². The van der Waals surface area contributed by atoms with Crippen LogP contribution in [0.15, 0.2) is 24.3 Å². The standard InChI is InChI=1S/C20H23N5O/c21-12-24-14-9-10-18(24)16(11-14)22-20(26)19-15-7-3-4-8-17(15)25(23-19)13-5-1-2-6-13/h3-4,7-8,13-14,16,18H,1-2,5-6,9-11H2,(H,22,26)/t14-,16+,18+/m0/s1. The number of aromatic nitrogens is 2. The summed E-state index contributed by atoms with van der Waals surface area (Å²) in [4.78, 5) is 14.9. The third-order valence-corrected chi connectivity index (χ3v) is 6.47. The van der Waals surface area contributed by atoms with Crippen molar-refractivity contribution in [3.63, 3.8) is 0 Å². The predicted molar refractivity (Wildman–Crippen MR) is 97.4 cm³/mol. The van der Waals surface area contributed by atoms with Crippen molar-refractivity contribution < 1.29 is 4.79 Å². The molecule has 1 aromatic heterocycles. The Morgan fingerprint density at radius 2 is 1.96 bits per heavy atom. The predicted octanol–water partition coefficient (Wildman–Crippen LogP) is 2.97. The van der Waals surface area contributed by atoms with E-state index in [-0.39, 0.29) is 18.0 Å². The molecule has 2 bridgehead atoms. The molecule has 6 nitrogen and oxygen atoms in total. The van der Waals surface area contributed by atoms with Gasteiger partial charge in [0.2, 0.25) is 0 Å². The molecule has 134 valence electrons. The first-order chi connectivity index (χ1) is 12.8. The van der Waals surface area contributed by atoms with Gasteiger partial charge in [-0.25, -0.2) is 0 Å². The first-order valence-electron chi connectivity index (χ1n) is 9.72. The van der Waals surface area contributed by atoms with Crippen LogP contribution >= 0.6 is 0 Å². The van der Waals surface area contributed by atoms with Crippen molar-refractivity contribution in [1.29, 1.82) is 5.26 Å². The summed E-state index contributed by atoms with van der Waals surface area (Å²) in [6, 6.07) is 8.93. The Balaban J connectivity index is 1.44. The van der Waals surface area contributed by atoms with E-state index in [9.17, 15) is 10.1 Å². The van der Waals surface area contributed by atoms with Gasteiger partial charge in [0.1, 0.15) is 0 Å². The van der Waals surface area contributed by atoms with Gasteiger partial charge in [0.25, 0.3) is 5.91 Å². The van der Waals surface area contributed by atoms with Crippen LogP contribution in [0, 0.1) is 11.5 Å². The smallest absolute Gasteiger partial charge is 0.272 e. The zero-order valence-corrected chi connectivity index (χ0v) is 14.8. The molecule has 26 heavy (non-hydrogen) atoms. The molecule has 5 rings (SSSR count). The van der Waals surface area contributed by atoms with Crippen LogP contribution in [0.3, 0.4) is 0 Å². The van der Waals surface area contributed by atoms with Crippen LogP contribution in [0.1, 0.15) is 61.5 Å². The monoisotopic (exact) mass is 349 g/mol. The number of hydrogen-bond donors (Lipinski definition) is 1. The van der Waals surface area contributed by atoms with Crippen molar-refractivity contribution in [2.24, 2.45) is 0 Å². The van der Waals surface area contributed by atoms with E-state index < -0.39 is 0 Å². The fourth-order valence-electron chi connectivity index (χ4n) is 5.22. The number of benzene rings is 1. The van der Waals surface area contributed by atoms with Crippen molar-refractivity contribution in [2.75, 3.05) is 0 Å². The lowest BCUT2D eigenvalue weighted by atomic mass is 9.95. The fraction of sp³-hybridized carbons (Fsp3) is 0.550. The highest BCUT2D eigenvalue weighted by Gasteiger charge is 2.46. The van der Waals surface area contributed by atoms with Crippen LogP contribution in [0.4, 0.5) is 0 Å². The summed E-state index contributed by atoms with van der Waals surface area (Å²) in [5.41, 5.74) is 1.58. The molecular weight excluding hydrogens is 326 g/mol. The molecule has 1 saturated carbocycles. The van der Waals surface area contributed by atoms with Crippen molar-refractivity contribution in [3.8, 4) is 6.19 Å². The van der Waals surface area contributed by atoms with Gasteiger partial charge in [-0.1, -0.05) is 31.0 Å². The summed E-state index contributed by atoms with van der Waals surface area (Å²) < 4.78 is 2.07. The Labute approximate surface area is 152 Å². The van der Waals surface area contributed by atoms with E-state index >= 15 is 0 Å². The van der Waals surface area contributed by atoms with E-state index in [0.29, 0.717) is 17.8 Å². The minimum atomic E-state index is -0.103. The normalized spacial score (nSPS) is 28.0. The Kier molecular flexibility index (Phi) is 3.63. The molecule has 2 saturated heterocycles. The molecule has 0 spiro atoms. The highest BCUT2D eigenvalue weighted by Crippen LogP contribution is 2.37. The number of carbonyl (C=O) groups is 1. The van der Waals surface area contributed by atoms with Gasteiger partial charge in [-0.3, -0.25) is 9.48 Å². The molecule has 6 heteroatoms. The summed E-state index contributed by atoms with van der Waals surface area (Å²) in [7, 11) is 0. The van der Waals surface area contributed by atoms with Gasteiger partial charge in [0, 0.05) is 11.4 Å². The Morgan fingerprint density at radius 3 is 2.73 bits per heavy atom. The highest BCUT2D eigenvalue weighted by atomic mass is 16.2. The van der Waals surface area contributed by atoms with E-state index in [1.165, 1.54) is 12.8 Å². The number of fused-ring (bicyclic) bond motifs is 3. The van der Waals surface area contributed by atoms with Crippen molar-refractivity contribution in [3.05, 3.63) is 30.0 Å². The Morgan fingerprint density at radius 1 is 1.15 bits per heavy atom. The SMILES string of the molecule is N#CN1[C@H]2CC[C@@H]1[C@H](NC(=O)c1nn(C3CCCC3)c3ccccc13)C2. The Hall–Kier alpha value is -2.55. The van der Waals surface area contributed by atoms with E-state index in [0.717, 1.165) is 43.0 Å². The first kappa shape index (κ1) is 15.7. The molecular formula is C20H23N5O. The lowest BCUT2D eigenvalue weighted by molar-refractivity contribution is 0.0923. The van der Waals surface area contributed by atoms with Gasteiger partial charge in [-0.2, -0.15) is 10.4 Å². The summed E-state index contributed by atoms with van der Waals surface area (Å²) >= 11 is 0. The molecule has 0 unspecified atom stereocenters. The van der Waals surface area contributed by atoms with E-state index in [4.69, 9.17) is 5.10 Å². The Bertz CT molecular complexity index is 891. The number of hydrogen-bond acceptors (Lipinski definition) is 4. The van der Waals surface area contributed by atoms with Crippen LogP contribution in [0.2, 0.25) is 0 Å². The third kappa shape index (κ3) is 2.30. The lowest BCUT2D eigenvalue weighted by Gasteiger charge is -2.21. The zero-order chi connectivity index (χ0) is 17.7. The average Bonchev–Trinajstić information content (AvgIpc) is 3.43.